The van der Waals surface area contributed by atoms with Crippen molar-refractivity contribution in [2.75, 3.05) is 26.3 Å². The molecule has 31 heavy (non-hydrogen) atoms. The van der Waals surface area contributed by atoms with Gasteiger partial charge in [0.15, 0.2) is 0 Å². The second kappa shape index (κ2) is 7.51. The van der Waals surface area contributed by atoms with E-state index in [4.69, 9.17) is 10.5 Å². The van der Waals surface area contributed by atoms with Crippen LogP contribution in [0.25, 0.3) is 0 Å². The molecule has 0 spiro atoms. The Morgan fingerprint density at radius 3 is 2.45 bits per heavy atom. The number of hydrogen-bond acceptors (Lipinski definition) is 7. The summed E-state index contributed by atoms with van der Waals surface area (Å²) in [4.78, 5) is 53.2. The third kappa shape index (κ3) is 3.37. The van der Waals surface area contributed by atoms with E-state index in [-0.39, 0.29) is 24.3 Å². The van der Waals surface area contributed by atoms with Gasteiger partial charge in [0.05, 0.1) is 29.9 Å². The van der Waals surface area contributed by atoms with E-state index in [1.165, 1.54) is 0 Å². The second-order valence-electron chi connectivity index (χ2n) is 9.06. The predicted molar refractivity (Wildman–Crippen MR) is 109 cm³/mol. The molecular weight excluding hydrogens is 400 g/mol. The molecule has 0 saturated carbocycles. The highest BCUT2D eigenvalue weighted by molar-refractivity contribution is 6.24. The number of carbonyl (C=O) groups is 4. The van der Waals surface area contributed by atoms with Crippen molar-refractivity contribution in [1.29, 1.82) is 0 Å². The molecule has 4 aliphatic rings. The Morgan fingerprint density at radius 2 is 1.81 bits per heavy atom. The molecule has 9 heteroatoms. The maximum atomic E-state index is 13.2. The van der Waals surface area contributed by atoms with Crippen molar-refractivity contribution in [1.82, 2.24) is 15.1 Å². The molecule has 1 atom stereocenters. The van der Waals surface area contributed by atoms with Gasteiger partial charge in [0.2, 0.25) is 11.8 Å². The van der Waals surface area contributed by atoms with Gasteiger partial charge in [-0.3, -0.25) is 34.3 Å². The number of benzene rings is 1. The highest BCUT2D eigenvalue weighted by Gasteiger charge is 2.46. The predicted octanol–water partition coefficient (Wildman–Crippen LogP) is 0.0275. The second-order valence-corrected chi connectivity index (χ2v) is 9.06. The van der Waals surface area contributed by atoms with E-state index in [9.17, 15) is 19.2 Å². The number of likely N-dealkylation sites (tertiary alicyclic amines) is 1. The van der Waals surface area contributed by atoms with E-state index >= 15 is 0 Å². The van der Waals surface area contributed by atoms with Gasteiger partial charge in [-0.2, -0.15) is 0 Å². The van der Waals surface area contributed by atoms with Crippen LogP contribution in [0.4, 0.5) is 0 Å². The van der Waals surface area contributed by atoms with Crippen LogP contribution in [0.2, 0.25) is 0 Å². The number of amides is 4. The van der Waals surface area contributed by atoms with Gasteiger partial charge in [-0.05, 0) is 49.9 Å². The molecule has 1 aromatic carbocycles. The number of ether oxygens (including phenoxy) is 1. The fourth-order valence-electron chi connectivity index (χ4n) is 5.20. The summed E-state index contributed by atoms with van der Waals surface area (Å²) in [6, 6.07) is 4.33. The zero-order chi connectivity index (χ0) is 21.8. The maximum Gasteiger partial charge on any atom is 0.262 e. The summed E-state index contributed by atoms with van der Waals surface area (Å²) in [7, 11) is 0. The average Bonchev–Trinajstić information content (AvgIpc) is 2.98. The largest absolute Gasteiger partial charge is 0.377 e. The van der Waals surface area contributed by atoms with E-state index in [0.717, 1.165) is 36.4 Å². The quantitative estimate of drug-likeness (QED) is 0.651. The fraction of sp³-hybridized carbons (Fsp3) is 0.545. The third-order valence-electron chi connectivity index (χ3n) is 7.09. The Hall–Kier alpha value is -2.62. The molecule has 5 rings (SSSR count). The molecule has 1 aromatic rings. The summed E-state index contributed by atoms with van der Waals surface area (Å²) in [6.07, 6.45) is 2.22. The van der Waals surface area contributed by atoms with Crippen LogP contribution in [0.15, 0.2) is 18.2 Å². The molecule has 4 aliphatic heterocycles. The van der Waals surface area contributed by atoms with Gasteiger partial charge in [0.1, 0.15) is 6.04 Å². The lowest BCUT2D eigenvalue weighted by molar-refractivity contribution is -0.136. The van der Waals surface area contributed by atoms with Crippen molar-refractivity contribution >= 4 is 23.6 Å². The summed E-state index contributed by atoms with van der Waals surface area (Å²) in [5.74, 6) is -1.46. The summed E-state index contributed by atoms with van der Waals surface area (Å²) in [6.45, 7) is 3.54. The zero-order valence-electron chi connectivity index (χ0n) is 17.3. The van der Waals surface area contributed by atoms with Gasteiger partial charge in [0.25, 0.3) is 11.8 Å². The van der Waals surface area contributed by atoms with Crippen molar-refractivity contribution in [2.24, 2.45) is 11.7 Å². The summed E-state index contributed by atoms with van der Waals surface area (Å²) in [5.41, 5.74) is 7.70. The van der Waals surface area contributed by atoms with Crippen molar-refractivity contribution in [3.8, 4) is 0 Å². The molecule has 0 bridgehead atoms. The first-order chi connectivity index (χ1) is 14.9. The number of rotatable bonds is 4. The molecule has 0 aliphatic carbocycles. The van der Waals surface area contributed by atoms with E-state index < -0.39 is 23.8 Å². The molecule has 4 amide bonds. The Kier molecular flexibility index (Phi) is 4.91. The van der Waals surface area contributed by atoms with E-state index in [2.05, 4.69) is 10.2 Å². The first-order valence-electron chi connectivity index (χ1n) is 10.8. The third-order valence-corrected chi connectivity index (χ3v) is 7.09. The molecule has 3 saturated heterocycles. The summed E-state index contributed by atoms with van der Waals surface area (Å²) in [5, 5.41) is 2.23. The Labute approximate surface area is 179 Å². The van der Waals surface area contributed by atoms with Gasteiger partial charge in [-0.25, -0.2) is 0 Å². The van der Waals surface area contributed by atoms with Gasteiger partial charge in [0, 0.05) is 13.0 Å². The van der Waals surface area contributed by atoms with Crippen molar-refractivity contribution in [3.05, 3.63) is 34.9 Å². The number of fused-ring (bicyclic) bond motifs is 1. The normalized spacial score (nSPS) is 26.6. The van der Waals surface area contributed by atoms with Crippen LogP contribution in [0.1, 0.15) is 52.0 Å². The van der Waals surface area contributed by atoms with Crippen LogP contribution in [-0.4, -0.2) is 71.3 Å². The number of nitrogens with zero attached hydrogens (tertiary/aromatic N) is 2. The molecule has 3 N–H and O–H groups in total. The van der Waals surface area contributed by atoms with E-state index in [1.807, 2.05) is 6.07 Å². The van der Waals surface area contributed by atoms with E-state index in [0.29, 0.717) is 36.8 Å². The van der Waals surface area contributed by atoms with Gasteiger partial charge in [-0.1, -0.05) is 12.1 Å². The SMILES string of the molecule is NC1(C2CCN(Cc3cccc4c3C(=O)N(C3CCC(=O)NC3=O)C4=O)CC2)COC1. The van der Waals surface area contributed by atoms with Crippen molar-refractivity contribution in [2.45, 2.75) is 43.8 Å². The Bertz CT molecular complexity index is 965. The van der Waals surface area contributed by atoms with Crippen LogP contribution >= 0.6 is 0 Å². The lowest BCUT2D eigenvalue weighted by Crippen LogP contribution is -2.63. The highest BCUT2D eigenvalue weighted by atomic mass is 16.5. The topological polar surface area (TPSA) is 122 Å². The fourth-order valence-corrected chi connectivity index (χ4v) is 5.20. The van der Waals surface area contributed by atoms with Crippen LogP contribution < -0.4 is 11.1 Å². The first kappa shape index (κ1) is 20.3. The highest BCUT2D eigenvalue weighted by Crippen LogP contribution is 2.34. The van der Waals surface area contributed by atoms with Crippen LogP contribution in [-0.2, 0) is 20.9 Å². The molecule has 164 valence electrons. The smallest absolute Gasteiger partial charge is 0.262 e. The molecule has 4 heterocycles. The molecular formula is C22H26N4O5. The summed E-state index contributed by atoms with van der Waals surface area (Å²) < 4.78 is 5.30. The lowest BCUT2D eigenvalue weighted by Gasteiger charge is -2.47. The molecule has 3 fully saturated rings. The molecule has 0 aromatic heterocycles. The number of piperidine rings is 2. The number of hydrogen-bond donors (Lipinski definition) is 2. The number of carbonyl (C=O) groups excluding carboxylic acids is 4. The zero-order valence-corrected chi connectivity index (χ0v) is 17.3. The van der Waals surface area contributed by atoms with Gasteiger partial charge >= 0.3 is 0 Å². The Morgan fingerprint density at radius 1 is 1.06 bits per heavy atom. The van der Waals surface area contributed by atoms with E-state index in [1.54, 1.807) is 12.1 Å². The van der Waals surface area contributed by atoms with Gasteiger partial charge < -0.3 is 10.5 Å². The van der Waals surface area contributed by atoms with Crippen molar-refractivity contribution < 1.29 is 23.9 Å². The molecule has 1 unspecified atom stereocenters. The Balaban J connectivity index is 1.32. The number of nitrogens with two attached hydrogens (primary N) is 1. The summed E-state index contributed by atoms with van der Waals surface area (Å²) >= 11 is 0. The first-order valence-corrected chi connectivity index (χ1v) is 10.8. The number of nitrogens with one attached hydrogen (secondary N) is 1. The maximum absolute atomic E-state index is 13.2. The van der Waals surface area contributed by atoms with Crippen LogP contribution in [0.3, 0.4) is 0 Å². The monoisotopic (exact) mass is 426 g/mol. The van der Waals surface area contributed by atoms with Gasteiger partial charge in [-0.15, -0.1) is 0 Å². The average molecular weight is 426 g/mol. The standard InChI is InChI=1S/C22H26N4O5/c23-22(11-31-12-22)14-6-8-25(9-7-14)10-13-2-1-3-15-18(13)21(30)26(20(15)29)16-4-5-17(27)24-19(16)28/h1-3,14,16H,4-12,23H2,(H,24,27,28). The minimum absolute atomic E-state index is 0.110. The van der Waals surface area contributed by atoms with Crippen LogP contribution in [0.5, 0.6) is 0 Å². The lowest BCUT2D eigenvalue weighted by atomic mass is 9.77. The minimum Gasteiger partial charge on any atom is -0.377 e. The van der Waals surface area contributed by atoms with Crippen LogP contribution in [0, 0.1) is 5.92 Å². The number of imide groups is 2. The molecule has 9 nitrogen and oxygen atoms in total. The van der Waals surface area contributed by atoms with Crippen molar-refractivity contribution in [3.63, 3.8) is 0 Å². The minimum atomic E-state index is -0.945. The molecule has 0 radical (unpaired) electrons.